The normalized spacial score (nSPS) is 26.8. The van der Waals surface area contributed by atoms with Gasteiger partial charge in [0.05, 0.1) is 12.2 Å². The third-order valence-electron chi connectivity index (χ3n) is 8.62. The molecule has 4 nitrogen and oxygen atoms in total. The van der Waals surface area contributed by atoms with Crippen LogP contribution in [0, 0.1) is 0 Å². The Hall–Kier alpha value is -0.723. The van der Waals surface area contributed by atoms with Gasteiger partial charge < -0.3 is 8.85 Å². The van der Waals surface area contributed by atoms with Gasteiger partial charge in [-0.1, -0.05) is 30.3 Å². The van der Waals surface area contributed by atoms with Crippen LogP contribution in [0.4, 0.5) is 0 Å². The van der Waals surface area contributed by atoms with Crippen molar-refractivity contribution in [1.29, 1.82) is 0 Å². The molecule has 0 aliphatic carbocycles. The Kier molecular flexibility index (Phi) is 6.87. The maximum absolute atomic E-state index is 7.13. The van der Waals surface area contributed by atoms with E-state index < -0.39 is 8.56 Å². The van der Waals surface area contributed by atoms with E-state index in [0.29, 0.717) is 0 Å². The Balaban J connectivity index is 1.90. The molecule has 0 amide bonds. The summed E-state index contributed by atoms with van der Waals surface area (Å²) in [5.74, 6) is 0. The second kappa shape index (κ2) is 8.49. The maximum Gasteiger partial charge on any atom is 0.369 e. The average molecular weight is 461 g/mol. The molecule has 2 aliphatic heterocycles. The van der Waals surface area contributed by atoms with Gasteiger partial charge in [0, 0.05) is 22.2 Å². The monoisotopic (exact) mass is 460 g/mol. The van der Waals surface area contributed by atoms with Crippen LogP contribution in [0.1, 0.15) is 81.1 Å². The first kappa shape index (κ1) is 25.9. The molecule has 0 radical (unpaired) electrons. The van der Waals surface area contributed by atoms with E-state index in [2.05, 4.69) is 116 Å². The highest BCUT2D eigenvalue weighted by atomic mass is 28.4. The van der Waals surface area contributed by atoms with Crippen LogP contribution in [-0.2, 0) is 8.85 Å². The van der Waals surface area contributed by atoms with Crippen molar-refractivity contribution in [3.8, 4) is 0 Å². The van der Waals surface area contributed by atoms with Gasteiger partial charge in [0.2, 0.25) is 0 Å². The van der Waals surface area contributed by atoms with Crippen molar-refractivity contribution in [2.75, 3.05) is 14.1 Å². The third-order valence-corrected chi connectivity index (χ3v) is 11.6. The van der Waals surface area contributed by atoms with Gasteiger partial charge in [0.15, 0.2) is 0 Å². The Morgan fingerprint density at radius 1 is 0.656 bits per heavy atom. The van der Waals surface area contributed by atoms with Gasteiger partial charge in [0.1, 0.15) is 0 Å². The second-order valence-corrected chi connectivity index (χ2v) is 15.9. The van der Waals surface area contributed by atoms with Crippen molar-refractivity contribution in [2.24, 2.45) is 0 Å². The second-order valence-electron chi connectivity index (χ2n) is 13.0. The lowest BCUT2D eigenvalue weighted by atomic mass is 9.79. The van der Waals surface area contributed by atoms with E-state index in [-0.39, 0.29) is 34.4 Å². The molecule has 0 atom stereocenters. The van der Waals surface area contributed by atoms with Crippen molar-refractivity contribution in [1.82, 2.24) is 9.80 Å². The molecule has 2 fully saturated rings. The molecule has 0 N–H and O–H groups in total. The number of likely N-dealkylation sites (tertiary alicyclic amines) is 2. The number of piperidine rings is 2. The molecular formula is C27H48N2O2Si. The summed E-state index contributed by atoms with van der Waals surface area (Å²) >= 11 is 0. The lowest BCUT2D eigenvalue weighted by Gasteiger charge is -2.56. The molecule has 32 heavy (non-hydrogen) atoms. The van der Waals surface area contributed by atoms with Gasteiger partial charge in [-0.2, -0.15) is 0 Å². The summed E-state index contributed by atoms with van der Waals surface area (Å²) in [5.41, 5.74) is 0.373. The quantitative estimate of drug-likeness (QED) is 0.557. The van der Waals surface area contributed by atoms with E-state index in [9.17, 15) is 0 Å². The highest BCUT2D eigenvalue weighted by Gasteiger charge is 2.50. The van der Waals surface area contributed by atoms with E-state index in [4.69, 9.17) is 8.85 Å². The van der Waals surface area contributed by atoms with Gasteiger partial charge >= 0.3 is 8.56 Å². The first-order valence-corrected chi connectivity index (χ1v) is 14.7. The molecule has 2 aliphatic rings. The lowest BCUT2D eigenvalue weighted by molar-refractivity contribution is -0.0834. The highest BCUT2D eigenvalue weighted by molar-refractivity contribution is 6.80. The van der Waals surface area contributed by atoms with Crippen molar-refractivity contribution >= 4 is 13.7 Å². The molecule has 1 aromatic carbocycles. The maximum atomic E-state index is 7.13. The zero-order valence-corrected chi connectivity index (χ0v) is 23.6. The van der Waals surface area contributed by atoms with Crippen LogP contribution >= 0.6 is 0 Å². The number of rotatable bonds is 5. The molecule has 0 bridgehead atoms. The molecule has 2 saturated heterocycles. The van der Waals surface area contributed by atoms with Gasteiger partial charge in [-0.05, 0) is 107 Å². The minimum absolute atomic E-state index is 0.0932. The number of nitrogens with zero attached hydrogens (tertiary/aromatic N) is 2. The standard InChI is InChI=1S/C27H48N2O2Si/c1-24(2)17-21(18-25(3,4)28(24)9)30-32(11,23-15-13-12-14-16-23)31-22-19-26(5,6)29(10)27(7,8)20-22/h12-16,21-22H,17-20H2,1-11H3. The summed E-state index contributed by atoms with van der Waals surface area (Å²) in [5, 5.41) is 1.24. The smallest absolute Gasteiger partial charge is 0.369 e. The zero-order valence-electron chi connectivity index (χ0n) is 22.6. The zero-order chi connectivity index (χ0) is 24.2. The summed E-state index contributed by atoms with van der Waals surface area (Å²) in [6.07, 6.45) is 4.49. The predicted molar refractivity (Wildman–Crippen MR) is 138 cm³/mol. The number of hydrogen-bond acceptors (Lipinski definition) is 4. The first-order chi connectivity index (χ1) is 14.5. The Bertz CT molecular complexity index is 710. The van der Waals surface area contributed by atoms with Crippen LogP contribution in [0.25, 0.3) is 0 Å². The molecule has 2 heterocycles. The Morgan fingerprint density at radius 3 is 1.28 bits per heavy atom. The molecule has 182 valence electrons. The molecule has 0 spiro atoms. The van der Waals surface area contributed by atoms with Crippen molar-refractivity contribution in [2.45, 2.75) is 122 Å². The van der Waals surface area contributed by atoms with Crippen LogP contribution in [0.15, 0.2) is 30.3 Å². The third kappa shape index (κ3) is 5.17. The van der Waals surface area contributed by atoms with E-state index in [0.717, 1.165) is 25.7 Å². The minimum atomic E-state index is -2.63. The molecule has 0 aromatic heterocycles. The first-order valence-electron chi connectivity index (χ1n) is 12.4. The fourth-order valence-electron chi connectivity index (χ4n) is 6.27. The van der Waals surface area contributed by atoms with Gasteiger partial charge in [-0.3, -0.25) is 9.80 Å². The number of benzene rings is 1. The summed E-state index contributed by atoms with van der Waals surface area (Å²) in [6, 6.07) is 10.8. The van der Waals surface area contributed by atoms with Crippen molar-refractivity contribution in [3.63, 3.8) is 0 Å². The largest absolute Gasteiger partial charge is 0.388 e. The summed E-state index contributed by atoms with van der Waals surface area (Å²) in [7, 11) is 1.87. The molecule has 3 rings (SSSR count). The van der Waals surface area contributed by atoms with E-state index in [1.807, 2.05) is 0 Å². The Labute approximate surface area is 198 Å². The van der Waals surface area contributed by atoms with Gasteiger partial charge in [-0.25, -0.2) is 0 Å². The lowest BCUT2D eigenvalue weighted by Crippen LogP contribution is -2.65. The van der Waals surface area contributed by atoms with Gasteiger partial charge in [-0.15, -0.1) is 0 Å². The van der Waals surface area contributed by atoms with Crippen molar-refractivity contribution < 1.29 is 8.85 Å². The summed E-state index contributed by atoms with van der Waals surface area (Å²) in [6.45, 7) is 21.0. The van der Waals surface area contributed by atoms with E-state index in [1.165, 1.54) is 5.19 Å². The fourth-order valence-corrected chi connectivity index (χ4v) is 9.00. The highest BCUT2D eigenvalue weighted by Crippen LogP contribution is 2.41. The molecule has 0 saturated carbocycles. The van der Waals surface area contributed by atoms with Crippen LogP contribution in [-0.4, -0.2) is 66.8 Å². The Morgan fingerprint density at radius 2 is 0.969 bits per heavy atom. The molecule has 5 heteroatoms. The summed E-state index contributed by atoms with van der Waals surface area (Å²) < 4.78 is 14.3. The fraction of sp³-hybridized carbons (Fsp3) is 0.778. The SMILES string of the molecule is CN1C(C)(C)CC(O[Si](C)(OC2CC(C)(C)N(C)C(C)(C)C2)c2ccccc2)CC1(C)C. The topological polar surface area (TPSA) is 24.9 Å². The van der Waals surface area contributed by atoms with E-state index in [1.54, 1.807) is 0 Å². The van der Waals surface area contributed by atoms with Crippen LogP contribution in [0.2, 0.25) is 6.55 Å². The molecular weight excluding hydrogens is 412 g/mol. The molecule has 0 unspecified atom stereocenters. The van der Waals surface area contributed by atoms with Crippen LogP contribution in [0.3, 0.4) is 0 Å². The van der Waals surface area contributed by atoms with Gasteiger partial charge in [0.25, 0.3) is 0 Å². The minimum Gasteiger partial charge on any atom is -0.388 e. The number of hydrogen-bond donors (Lipinski definition) is 0. The van der Waals surface area contributed by atoms with Crippen LogP contribution in [0.5, 0.6) is 0 Å². The molecule has 1 aromatic rings. The average Bonchev–Trinajstić information content (AvgIpc) is 2.64. The predicted octanol–water partition coefficient (Wildman–Crippen LogP) is 5.30. The van der Waals surface area contributed by atoms with Crippen LogP contribution < -0.4 is 5.19 Å². The van der Waals surface area contributed by atoms with E-state index >= 15 is 0 Å². The summed E-state index contributed by atoms with van der Waals surface area (Å²) in [4.78, 5) is 5.04. The van der Waals surface area contributed by atoms with Crippen molar-refractivity contribution in [3.05, 3.63) is 30.3 Å².